The maximum atomic E-state index is 15.3. The monoisotopic (exact) mass is 712 g/mol. The summed E-state index contributed by atoms with van der Waals surface area (Å²) >= 11 is 0. The summed E-state index contributed by atoms with van der Waals surface area (Å²) in [4.78, 5) is 30.6. The van der Waals surface area contributed by atoms with Crippen molar-refractivity contribution in [3.8, 4) is 17.0 Å². The Bertz CT molecular complexity index is 1840. The average Bonchev–Trinajstić information content (AvgIpc) is 3.32. The van der Waals surface area contributed by atoms with Crippen molar-refractivity contribution in [2.75, 3.05) is 20.8 Å². The van der Waals surface area contributed by atoms with Gasteiger partial charge in [0.05, 0.1) is 37.0 Å². The van der Waals surface area contributed by atoms with Gasteiger partial charge in [0.15, 0.2) is 11.6 Å². The molecule has 1 aliphatic carbocycles. The number of cyclic esters (lactones) is 1. The van der Waals surface area contributed by atoms with E-state index in [1.54, 1.807) is 0 Å². The normalized spacial score (nSPS) is 19.5. The van der Waals surface area contributed by atoms with Crippen LogP contribution in [-0.4, -0.2) is 48.8 Å². The van der Waals surface area contributed by atoms with Gasteiger partial charge in [-0.2, -0.15) is 26.3 Å². The lowest BCUT2D eigenvalue weighted by molar-refractivity contribution is -0.143. The second-order valence-electron chi connectivity index (χ2n) is 13.0. The number of carbonyl (C=O) groups excluding carboxylic acids is 2. The number of rotatable bonds is 7. The first-order chi connectivity index (χ1) is 23.3. The molecule has 0 N–H and O–H groups in total. The van der Waals surface area contributed by atoms with Crippen molar-refractivity contribution in [2.45, 2.75) is 64.5 Å². The number of benzene rings is 2. The Morgan fingerprint density at radius 3 is 2.20 bits per heavy atom. The highest BCUT2D eigenvalue weighted by molar-refractivity contribution is 5.90. The van der Waals surface area contributed by atoms with Crippen LogP contribution < -0.4 is 4.74 Å². The maximum absolute atomic E-state index is 15.3. The molecule has 1 aromatic heterocycles. The molecule has 0 unspecified atom stereocenters. The standard InChI is InChI=1S/C35H32F8N2O5/c1-17-29(18-10-21(34(38,39)40)13-22(11-18)35(41,42)43)50-32(47)45(17)16-20-14-33(2,3)9-8-23(20)26-12-19(15-44-30(26)48-4)24-6-7-25(31(46)49-5)28(37)27(24)36/h6-7,10-13,15,17,29H,8-9,14,16H2,1-5H3/t17-,29-/m0/s1. The van der Waals surface area contributed by atoms with Crippen LogP contribution in [0.5, 0.6) is 5.88 Å². The summed E-state index contributed by atoms with van der Waals surface area (Å²) in [6, 6.07) is 3.93. The molecule has 15 heteroatoms. The van der Waals surface area contributed by atoms with E-state index >= 15 is 4.39 Å². The van der Waals surface area contributed by atoms with Gasteiger partial charge in [-0.15, -0.1) is 0 Å². The van der Waals surface area contributed by atoms with Gasteiger partial charge in [0.25, 0.3) is 0 Å². The second kappa shape index (κ2) is 13.2. The van der Waals surface area contributed by atoms with E-state index in [1.165, 1.54) is 37.3 Å². The van der Waals surface area contributed by atoms with Crippen LogP contribution in [0.2, 0.25) is 0 Å². The molecule has 2 atom stereocenters. The number of hydrogen-bond donors (Lipinski definition) is 0. The summed E-state index contributed by atoms with van der Waals surface area (Å²) in [5, 5.41) is 0. The largest absolute Gasteiger partial charge is 0.481 e. The van der Waals surface area contributed by atoms with E-state index in [4.69, 9.17) is 9.47 Å². The lowest BCUT2D eigenvalue weighted by Gasteiger charge is -2.35. The topological polar surface area (TPSA) is 78.0 Å². The number of esters is 1. The fourth-order valence-corrected chi connectivity index (χ4v) is 6.42. The van der Waals surface area contributed by atoms with E-state index in [1.807, 2.05) is 13.8 Å². The van der Waals surface area contributed by atoms with Crippen LogP contribution in [0.15, 0.2) is 48.2 Å². The third-order valence-electron chi connectivity index (χ3n) is 9.03. The van der Waals surface area contributed by atoms with Gasteiger partial charge in [-0.1, -0.05) is 19.9 Å². The predicted octanol–water partition coefficient (Wildman–Crippen LogP) is 9.41. The van der Waals surface area contributed by atoms with Gasteiger partial charge < -0.3 is 14.2 Å². The number of amides is 1. The van der Waals surface area contributed by atoms with Gasteiger partial charge >= 0.3 is 24.4 Å². The molecular formula is C35H32F8N2O5. The van der Waals surface area contributed by atoms with Crippen LogP contribution in [0.25, 0.3) is 16.7 Å². The zero-order valence-electron chi connectivity index (χ0n) is 27.5. The smallest absolute Gasteiger partial charge is 0.416 e. The SMILES string of the molecule is COC(=O)c1ccc(-c2cnc(OC)c(C3=C(CN4C(=O)O[C@H](c5cc(C(F)(F)F)cc(C(F)(F)F)c5)[C@@H]4C)CC(C)(C)CC3)c2)c(F)c1F. The van der Waals surface area contributed by atoms with Crippen molar-refractivity contribution in [1.29, 1.82) is 0 Å². The van der Waals surface area contributed by atoms with Crippen molar-refractivity contribution in [1.82, 2.24) is 9.88 Å². The molecule has 50 heavy (non-hydrogen) atoms. The van der Waals surface area contributed by atoms with Gasteiger partial charge in [0.1, 0.15) is 6.10 Å². The molecule has 7 nitrogen and oxygen atoms in total. The van der Waals surface area contributed by atoms with E-state index in [2.05, 4.69) is 9.72 Å². The molecule has 0 bridgehead atoms. The van der Waals surface area contributed by atoms with Crippen molar-refractivity contribution < 1.29 is 58.9 Å². The number of ether oxygens (including phenoxy) is 3. The third-order valence-corrected chi connectivity index (χ3v) is 9.03. The number of alkyl halides is 6. The second-order valence-corrected chi connectivity index (χ2v) is 13.0. The molecule has 0 spiro atoms. The maximum Gasteiger partial charge on any atom is 0.416 e. The summed E-state index contributed by atoms with van der Waals surface area (Å²) in [6.45, 7) is 5.35. The molecular weight excluding hydrogens is 680 g/mol. The highest BCUT2D eigenvalue weighted by Gasteiger charge is 2.44. The Hall–Kier alpha value is -4.69. The minimum absolute atomic E-state index is 0.00714. The quantitative estimate of drug-likeness (QED) is 0.180. The van der Waals surface area contributed by atoms with Gasteiger partial charge in [0.2, 0.25) is 5.88 Å². The van der Waals surface area contributed by atoms with E-state index in [-0.39, 0.29) is 35.0 Å². The number of hydrogen-bond acceptors (Lipinski definition) is 6. The van der Waals surface area contributed by atoms with Crippen LogP contribution >= 0.6 is 0 Å². The summed E-state index contributed by atoms with van der Waals surface area (Å²) in [5.74, 6) is -3.66. The fourth-order valence-electron chi connectivity index (χ4n) is 6.42. The van der Waals surface area contributed by atoms with Crippen LogP contribution in [0.4, 0.5) is 39.9 Å². The summed E-state index contributed by atoms with van der Waals surface area (Å²) in [7, 11) is 2.39. The number of aromatic nitrogens is 1. The summed E-state index contributed by atoms with van der Waals surface area (Å²) < 4.78 is 127. The zero-order valence-corrected chi connectivity index (χ0v) is 27.5. The fraction of sp³-hybridized carbons (Fsp3) is 0.400. The first-order valence-corrected chi connectivity index (χ1v) is 15.3. The van der Waals surface area contributed by atoms with Gasteiger partial charge in [-0.25, -0.2) is 23.4 Å². The molecule has 268 valence electrons. The molecule has 3 aromatic rings. The summed E-state index contributed by atoms with van der Waals surface area (Å²) in [6.07, 6.45) is -9.81. The zero-order chi connectivity index (χ0) is 36.9. The van der Waals surface area contributed by atoms with E-state index in [0.717, 1.165) is 13.2 Å². The lowest BCUT2D eigenvalue weighted by atomic mass is 9.72. The number of methoxy groups -OCH3 is 2. The molecule has 2 heterocycles. The van der Waals surface area contributed by atoms with E-state index in [0.29, 0.717) is 48.1 Å². The molecule has 2 aromatic carbocycles. The predicted molar refractivity (Wildman–Crippen MR) is 164 cm³/mol. The number of pyridine rings is 1. The van der Waals surface area contributed by atoms with Crippen LogP contribution in [0, 0.1) is 17.0 Å². The lowest BCUT2D eigenvalue weighted by Crippen LogP contribution is -2.35. The van der Waals surface area contributed by atoms with Crippen LogP contribution in [0.3, 0.4) is 0 Å². The highest BCUT2D eigenvalue weighted by Crippen LogP contribution is 2.47. The third kappa shape index (κ3) is 7.13. The molecule has 2 aliphatic rings. The van der Waals surface area contributed by atoms with Crippen molar-refractivity contribution >= 4 is 17.6 Å². The van der Waals surface area contributed by atoms with E-state index in [9.17, 15) is 40.3 Å². The van der Waals surface area contributed by atoms with Crippen LogP contribution in [0.1, 0.15) is 78.7 Å². The minimum Gasteiger partial charge on any atom is -0.481 e. The van der Waals surface area contributed by atoms with Gasteiger partial charge in [0, 0.05) is 29.4 Å². The first-order valence-electron chi connectivity index (χ1n) is 15.3. The minimum atomic E-state index is -5.09. The number of nitrogens with zero attached hydrogens (tertiary/aromatic N) is 2. The van der Waals surface area contributed by atoms with Crippen LogP contribution in [-0.2, 0) is 21.8 Å². The highest BCUT2D eigenvalue weighted by atomic mass is 19.4. The average molecular weight is 713 g/mol. The molecule has 1 amide bonds. The van der Waals surface area contributed by atoms with E-state index < -0.39 is 70.4 Å². The molecule has 1 aliphatic heterocycles. The molecule has 0 radical (unpaired) electrons. The van der Waals surface area contributed by atoms with Crippen molar-refractivity contribution in [2.24, 2.45) is 5.41 Å². The summed E-state index contributed by atoms with van der Waals surface area (Å²) in [5.41, 5.74) is -2.73. The Labute approximate surface area is 281 Å². The van der Waals surface area contributed by atoms with Gasteiger partial charge in [-0.05, 0) is 78.6 Å². The number of allylic oxidation sites excluding steroid dienone is 1. The van der Waals surface area contributed by atoms with Gasteiger partial charge in [-0.3, -0.25) is 4.90 Å². The number of halogens is 8. The van der Waals surface area contributed by atoms with Crippen molar-refractivity contribution in [3.63, 3.8) is 0 Å². The Kier molecular flexibility index (Phi) is 9.67. The Balaban J connectivity index is 1.56. The molecule has 1 fully saturated rings. The molecule has 5 rings (SSSR count). The Morgan fingerprint density at radius 2 is 1.62 bits per heavy atom. The molecule has 1 saturated heterocycles. The molecule has 0 saturated carbocycles. The Morgan fingerprint density at radius 1 is 0.980 bits per heavy atom. The first kappa shape index (κ1) is 36.6. The number of carbonyl (C=O) groups is 2. The van der Waals surface area contributed by atoms with Crippen molar-refractivity contribution in [3.05, 3.63) is 87.6 Å².